The predicted molar refractivity (Wildman–Crippen MR) is 103 cm³/mol. The van der Waals surface area contributed by atoms with E-state index in [-0.39, 0.29) is 23.2 Å². The Labute approximate surface area is 158 Å². The molecule has 3 rings (SSSR count). The number of amides is 1. The molecule has 7 heteroatoms. The molecule has 1 aromatic carbocycles. The van der Waals surface area contributed by atoms with E-state index in [0.29, 0.717) is 19.7 Å². The number of hydrogen-bond donors (Lipinski definition) is 1. The van der Waals surface area contributed by atoms with Crippen molar-refractivity contribution in [2.24, 2.45) is 0 Å². The smallest absolute Gasteiger partial charge is 0.271 e. The minimum absolute atomic E-state index is 0.210. The summed E-state index contributed by atoms with van der Waals surface area (Å²) < 4.78 is 6.22. The molecule has 1 aliphatic heterocycles. The van der Waals surface area contributed by atoms with Crippen molar-refractivity contribution < 1.29 is 9.53 Å². The summed E-state index contributed by atoms with van der Waals surface area (Å²) in [6, 6.07) is 11.5. The van der Waals surface area contributed by atoms with Crippen LogP contribution in [0.2, 0.25) is 0 Å². The first kappa shape index (κ1) is 19.3. The maximum absolute atomic E-state index is 12.4. The Balaban J connectivity index is 1.57. The van der Waals surface area contributed by atoms with E-state index in [2.05, 4.69) is 46.5 Å². The fourth-order valence-electron chi connectivity index (χ4n) is 3.26. The topological polar surface area (TPSA) is 76.5 Å². The molecule has 27 heavy (non-hydrogen) atoms. The van der Waals surface area contributed by atoms with Crippen LogP contribution in [0.15, 0.2) is 41.2 Å². The van der Waals surface area contributed by atoms with Crippen molar-refractivity contribution in [1.82, 2.24) is 20.0 Å². The van der Waals surface area contributed by atoms with Gasteiger partial charge in [0.15, 0.2) is 0 Å². The Bertz CT molecular complexity index is 849. The van der Waals surface area contributed by atoms with Crippen LogP contribution in [0.3, 0.4) is 0 Å². The van der Waals surface area contributed by atoms with Crippen molar-refractivity contribution in [3.8, 4) is 0 Å². The first-order chi connectivity index (χ1) is 13.1. The van der Waals surface area contributed by atoms with E-state index >= 15 is 0 Å². The highest BCUT2D eigenvalue weighted by Gasteiger charge is 2.21. The van der Waals surface area contributed by atoms with Crippen LogP contribution in [-0.4, -0.2) is 53.4 Å². The van der Waals surface area contributed by atoms with Gasteiger partial charge in [-0.25, -0.2) is 4.68 Å². The number of rotatable bonds is 7. The monoisotopic (exact) mass is 370 g/mol. The standard InChI is InChI=1S/C20H26N4O3/c1-15(23-10-9-16-5-3-4-6-17(16)14-23)13-21-20(26)18-7-8-19(25)24(22-18)11-12-27-2/h3-8,15H,9-14H2,1-2H3,(H,21,26). The molecule has 0 spiro atoms. The molecular weight excluding hydrogens is 344 g/mol. The summed E-state index contributed by atoms with van der Waals surface area (Å²) in [6.45, 7) is 5.20. The summed E-state index contributed by atoms with van der Waals surface area (Å²) in [5.74, 6) is -0.273. The van der Waals surface area contributed by atoms with E-state index in [0.717, 1.165) is 19.5 Å². The molecule has 2 heterocycles. The van der Waals surface area contributed by atoms with Crippen LogP contribution < -0.4 is 10.9 Å². The van der Waals surface area contributed by atoms with Gasteiger partial charge in [-0.1, -0.05) is 24.3 Å². The summed E-state index contributed by atoms with van der Waals surface area (Å²) >= 11 is 0. The highest BCUT2D eigenvalue weighted by atomic mass is 16.5. The number of aromatic nitrogens is 2. The number of methoxy groups -OCH3 is 1. The summed E-state index contributed by atoms with van der Waals surface area (Å²) in [4.78, 5) is 26.6. The maximum atomic E-state index is 12.4. The zero-order chi connectivity index (χ0) is 19.2. The van der Waals surface area contributed by atoms with E-state index < -0.39 is 0 Å². The highest BCUT2D eigenvalue weighted by Crippen LogP contribution is 2.19. The molecule has 1 N–H and O–H groups in total. The zero-order valence-electron chi connectivity index (χ0n) is 15.9. The van der Waals surface area contributed by atoms with Gasteiger partial charge in [-0.2, -0.15) is 5.10 Å². The first-order valence-electron chi connectivity index (χ1n) is 9.24. The molecule has 1 aliphatic rings. The third-order valence-electron chi connectivity index (χ3n) is 4.95. The number of nitrogens with zero attached hydrogens (tertiary/aromatic N) is 3. The van der Waals surface area contributed by atoms with E-state index in [1.54, 1.807) is 7.11 Å². The van der Waals surface area contributed by atoms with Gasteiger partial charge in [-0.15, -0.1) is 0 Å². The minimum Gasteiger partial charge on any atom is -0.383 e. The fourth-order valence-corrected chi connectivity index (χ4v) is 3.26. The Kier molecular flexibility index (Phi) is 6.36. The van der Waals surface area contributed by atoms with Gasteiger partial charge >= 0.3 is 0 Å². The van der Waals surface area contributed by atoms with Crippen LogP contribution in [-0.2, 0) is 24.2 Å². The molecule has 144 valence electrons. The quantitative estimate of drug-likeness (QED) is 0.789. The third kappa shape index (κ3) is 4.81. The highest BCUT2D eigenvalue weighted by molar-refractivity contribution is 5.92. The van der Waals surface area contributed by atoms with Crippen LogP contribution in [0, 0.1) is 0 Å². The van der Waals surface area contributed by atoms with Crippen molar-refractivity contribution in [2.45, 2.75) is 32.5 Å². The van der Waals surface area contributed by atoms with Gasteiger partial charge in [0, 0.05) is 38.9 Å². The van der Waals surface area contributed by atoms with Gasteiger partial charge in [0.2, 0.25) is 0 Å². The predicted octanol–water partition coefficient (Wildman–Crippen LogP) is 1.07. The molecule has 0 saturated carbocycles. The van der Waals surface area contributed by atoms with Crippen molar-refractivity contribution >= 4 is 5.91 Å². The Morgan fingerprint density at radius 3 is 2.81 bits per heavy atom. The number of carbonyl (C=O) groups is 1. The van der Waals surface area contributed by atoms with E-state index in [1.807, 2.05) is 0 Å². The van der Waals surface area contributed by atoms with Crippen molar-refractivity contribution in [3.63, 3.8) is 0 Å². The number of fused-ring (bicyclic) bond motifs is 1. The van der Waals surface area contributed by atoms with Crippen molar-refractivity contribution in [1.29, 1.82) is 0 Å². The SMILES string of the molecule is COCCn1nc(C(=O)NCC(C)N2CCc3ccccc3C2)ccc1=O. The third-order valence-corrected chi connectivity index (χ3v) is 4.95. The molecule has 1 atom stereocenters. The van der Waals surface area contributed by atoms with Gasteiger partial charge in [-0.3, -0.25) is 14.5 Å². The average molecular weight is 370 g/mol. The van der Waals surface area contributed by atoms with Crippen molar-refractivity contribution in [3.05, 3.63) is 63.6 Å². The van der Waals surface area contributed by atoms with Gasteiger partial charge in [0.25, 0.3) is 11.5 Å². The minimum atomic E-state index is -0.273. The number of nitrogens with one attached hydrogen (secondary N) is 1. The average Bonchev–Trinajstić information content (AvgIpc) is 2.70. The lowest BCUT2D eigenvalue weighted by Crippen LogP contribution is -2.44. The van der Waals surface area contributed by atoms with E-state index in [1.165, 1.54) is 27.9 Å². The molecule has 1 amide bonds. The second-order valence-electron chi connectivity index (χ2n) is 6.82. The molecule has 0 saturated heterocycles. The summed E-state index contributed by atoms with van der Waals surface area (Å²) in [5.41, 5.74) is 2.76. The van der Waals surface area contributed by atoms with Crippen LogP contribution >= 0.6 is 0 Å². The summed E-state index contributed by atoms with van der Waals surface area (Å²) in [7, 11) is 1.56. The molecule has 0 fully saturated rings. The lowest BCUT2D eigenvalue weighted by Gasteiger charge is -2.33. The number of ether oxygens (including phenoxy) is 1. The van der Waals surface area contributed by atoms with Crippen LogP contribution in [0.1, 0.15) is 28.5 Å². The van der Waals surface area contributed by atoms with E-state index in [9.17, 15) is 9.59 Å². The number of benzene rings is 1. The Morgan fingerprint density at radius 2 is 2.04 bits per heavy atom. The largest absolute Gasteiger partial charge is 0.383 e. The maximum Gasteiger partial charge on any atom is 0.271 e. The normalized spacial score (nSPS) is 15.2. The molecular formula is C20H26N4O3. The van der Waals surface area contributed by atoms with Crippen molar-refractivity contribution in [2.75, 3.05) is 26.8 Å². The van der Waals surface area contributed by atoms with Gasteiger partial charge in [0.1, 0.15) is 5.69 Å². The van der Waals surface area contributed by atoms with Gasteiger partial charge in [0.05, 0.1) is 13.2 Å². The second-order valence-corrected chi connectivity index (χ2v) is 6.82. The van der Waals surface area contributed by atoms with Crippen LogP contribution in [0.25, 0.3) is 0 Å². The zero-order valence-corrected chi connectivity index (χ0v) is 15.9. The fraction of sp³-hybridized carbons (Fsp3) is 0.450. The molecule has 0 aliphatic carbocycles. The summed E-state index contributed by atoms with van der Waals surface area (Å²) in [5, 5.41) is 7.06. The first-order valence-corrected chi connectivity index (χ1v) is 9.24. The molecule has 1 unspecified atom stereocenters. The number of carbonyl (C=O) groups excluding carboxylic acids is 1. The lowest BCUT2D eigenvalue weighted by molar-refractivity contribution is 0.0924. The Hall–Kier alpha value is -2.51. The molecule has 0 bridgehead atoms. The number of hydrogen-bond acceptors (Lipinski definition) is 5. The van der Waals surface area contributed by atoms with Gasteiger partial charge < -0.3 is 10.1 Å². The molecule has 0 radical (unpaired) electrons. The van der Waals surface area contributed by atoms with E-state index in [4.69, 9.17) is 4.74 Å². The van der Waals surface area contributed by atoms with Crippen LogP contribution in [0.4, 0.5) is 0 Å². The lowest BCUT2D eigenvalue weighted by atomic mass is 9.99. The second kappa shape index (κ2) is 8.92. The van der Waals surface area contributed by atoms with Gasteiger partial charge in [-0.05, 0) is 30.5 Å². The molecule has 7 nitrogen and oxygen atoms in total. The molecule has 2 aromatic rings. The summed E-state index contributed by atoms with van der Waals surface area (Å²) in [6.07, 6.45) is 1.03. The Morgan fingerprint density at radius 1 is 1.26 bits per heavy atom. The molecule has 1 aromatic heterocycles. The van der Waals surface area contributed by atoms with Crippen LogP contribution in [0.5, 0.6) is 0 Å².